The van der Waals surface area contributed by atoms with E-state index in [1.165, 1.54) is 0 Å². The molecule has 3 aromatic rings. The van der Waals surface area contributed by atoms with Gasteiger partial charge in [0.05, 0.1) is 17.6 Å². The van der Waals surface area contributed by atoms with Crippen molar-refractivity contribution in [2.45, 2.75) is 20.3 Å². The number of benzene rings is 1. The van der Waals surface area contributed by atoms with Gasteiger partial charge in [0.1, 0.15) is 17.1 Å². The van der Waals surface area contributed by atoms with Gasteiger partial charge < -0.3 is 9.84 Å². The lowest BCUT2D eigenvalue weighted by Gasteiger charge is -2.09. The van der Waals surface area contributed by atoms with Crippen molar-refractivity contribution in [1.82, 2.24) is 14.9 Å². The third-order valence-electron chi connectivity index (χ3n) is 3.43. The van der Waals surface area contributed by atoms with Crippen LogP contribution in [0.15, 0.2) is 41.1 Å². The number of nitrogens with zero attached hydrogens (tertiary/aromatic N) is 3. The maximum Gasteiger partial charge on any atom is 0.262 e. The molecular weight excluding hydrogens is 316 g/mol. The lowest BCUT2D eigenvalue weighted by Crippen LogP contribution is -2.17. The van der Waals surface area contributed by atoms with E-state index < -0.39 is 0 Å². The number of carbonyl (C=O) groups excluding carboxylic acids is 1. The molecule has 1 N–H and O–H groups in total. The van der Waals surface area contributed by atoms with Gasteiger partial charge in [-0.3, -0.25) is 4.79 Å². The third-order valence-corrected chi connectivity index (χ3v) is 3.67. The molecular formula is C16H15ClN4O2. The zero-order valence-electron chi connectivity index (χ0n) is 12.7. The van der Waals surface area contributed by atoms with Crippen LogP contribution in [0.25, 0.3) is 5.69 Å². The molecule has 2 aromatic heterocycles. The standard InChI is InChI=1S/C16H15ClN4O2/c1-3-13-15(10(2)23-20-13)16(22)19-14-7-8-18-21(14)12-6-4-5-11(17)9-12/h4-9H,3H2,1-2H3,(H,19,22). The van der Waals surface area contributed by atoms with Gasteiger partial charge in [-0.1, -0.05) is 29.7 Å². The first-order valence-electron chi connectivity index (χ1n) is 7.16. The number of aromatic nitrogens is 3. The highest BCUT2D eigenvalue weighted by atomic mass is 35.5. The fraction of sp³-hybridized carbons (Fsp3) is 0.188. The van der Waals surface area contributed by atoms with E-state index in [0.717, 1.165) is 5.69 Å². The molecule has 1 amide bonds. The maximum atomic E-state index is 12.5. The third kappa shape index (κ3) is 2.98. The number of nitrogens with one attached hydrogen (secondary N) is 1. The van der Waals surface area contributed by atoms with E-state index in [1.54, 1.807) is 36.0 Å². The quantitative estimate of drug-likeness (QED) is 0.792. The molecule has 0 aliphatic rings. The van der Waals surface area contributed by atoms with Crippen molar-refractivity contribution in [3.8, 4) is 5.69 Å². The summed E-state index contributed by atoms with van der Waals surface area (Å²) in [7, 11) is 0. The zero-order valence-corrected chi connectivity index (χ0v) is 13.5. The number of carbonyl (C=O) groups is 1. The molecule has 0 radical (unpaired) electrons. The van der Waals surface area contributed by atoms with Crippen LogP contribution in [-0.2, 0) is 6.42 Å². The molecule has 0 atom stereocenters. The number of hydrogen-bond donors (Lipinski definition) is 1. The number of rotatable bonds is 4. The maximum absolute atomic E-state index is 12.5. The summed E-state index contributed by atoms with van der Waals surface area (Å²) < 4.78 is 6.72. The summed E-state index contributed by atoms with van der Waals surface area (Å²) in [6.45, 7) is 3.64. The highest BCUT2D eigenvalue weighted by molar-refractivity contribution is 6.30. The molecule has 0 spiro atoms. The average molecular weight is 331 g/mol. The second kappa shape index (κ2) is 6.26. The summed E-state index contributed by atoms with van der Waals surface area (Å²) in [5.41, 5.74) is 1.86. The first-order chi connectivity index (χ1) is 11.1. The number of anilines is 1. The van der Waals surface area contributed by atoms with Crippen LogP contribution in [0.2, 0.25) is 5.02 Å². The van der Waals surface area contributed by atoms with Crippen LogP contribution in [0, 0.1) is 6.92 Å². The molecule has 2 heterocycles. The first-order valence-corrected chi connectivity index (χ1v) is 7.54. The van der Waals surface area contributed by atoms with E-state index in [4.69, 9.17) is 16.1 Å². The Hall–Kier alpha value is -2.60. The van der Waals surface area contributed by atoms with Gasteiger partial charge in [-0.05, 0) is 31.5 Å². The summed E-state index contributed by atoms with van der Waals surface area (Å²) in [6.07, 6.45) is 2.23. The molecule has 1 aromatic carbocycles. The Morgan fingerprint density at radius 3 is 2.96 bits per heavy atom. The van der Waals surface area contributed by atoms with Crippen molar-refractivity contribution in [1.29, 1.82) is 0 Å². The van der Waals surface area contributed by atoms with Crippen LogP contribution in [0.1, 0.15) is 28.7 Å². The molecule has 0 aliphatic heterocycles. The van der Waals surface area contributed by atoms with Gasteiger partial charge in [-0.2, -0.15) is 5.10 Å². The molecule has 0 saturated heterocycles. The number of hydrogen-bond acceptors (Lipinski definition) is 4. The normalized spacial score (nSPS) is 10.7. The van der Waals surface area contributed by atoms with Crippen molar-refractivity contribution in [3.05, 3.63) is 58.6 Å². The fourth-order valence-corrected chi connectivity index (χ4v) is 2.53. The van der Waals surface area contributed by atoms with Crippen molar-refractivity contribution in [3.63, 3.8) is 0 Å². The van der Waals surface area contributed by atoms with Gasteiger partial charge >= 0.3 is 0 Å². The van der Waals surface area contributed by atoms with Crippen LogP contribution in [0.3, 0.4) is 0 Å². The summed E-state index contributed by atoms with van der Waals surface area (Å²) in [6, 6.07) is 8.95. The molecule has 0 aliphatic carbocycles. The molecule has 0 saturated carbocycles. The van der Waals surface area contributed by atoms with Crippen LogP contribution in [0.4, 0.5) is 5.82 Å². The Labute approximate surface area is 138 Å². The minimum Gasteiger partial charge on any atom is -0.361 e. The SMILES string of the molecule is CCc1noc(C)c1C(=O)Nc1ccnn1-c1cccc(Cl)c1. The Morgan fingerprint density at radius 2 is 2.22 bits per heavy atom. The number of aryl methyl sites for hydroxylation is 2. The van der Waals surface area contributed by atoms with Gasteiger partial charge in [0, 0.05) is 11.1 Å². The topological polar surface area (TPSA) is 73.0 Å². The summed E-state index contributed by atoms with van der Waals surface area (Å²) in [5.74, 6) is 0.762. The van der Waals surface area contributed by atoms with E-state index in [1.807, 2.05) is 19.1 Å². The Morgan fingerprint density at radius 1 is 1.39 bits per heavy atom. The minimum atomic E-state index is -0.274. The van der Waals surface area contributed by atoms with Crippen LogP contribution < -0.4 is 5.32 Å². The fourth-order valence-electron chi connectivity index (χ4n) is 2.34. The van der Waals surface area contributed by atoms with Crippen molar-refractivity contribution >= 4 is 23.3 Å². The van der Waals surface area contributed by atoms with E-state index in [-0.39, 0.29) is 5.91 Å². The Bertz CT molecular complexity index is 853. The summed E-state index contributed by atoms with van der Waals surface area (Å²) in [4.78, 5) is 12.5. The second-order valence-corrected chi connectivity index (χ2v) is 5.41. The van der Waals surface area contributed by atoms with Gasteiger partial charge in [0.15, 0.2) is 0 Å². The molecule has 0 fully saturated rings. The monoisotopic (exact) mass is 330 g/mol. The lowest BCUT2D eigenvalue weighted by atomic mass is 10.1. The molecule has 7 heteroatoms. The first kappa shape index (κ1) is 15.3. The Balaban J connectivity index is 1.91. The van der Waals surface area contributed by atoms with Gasteiger partial charge in [-0.15, -0.1) is 0 Å². The van der Waals surface area contributed by atoms with Crippen LogP contribution in [0.5, 0.6) is 0 Å². The summed E-state index contributed by atoms with van der Waals surface area (Å²) >= 11 is 6.01. The van der Waals surface area contributed by atoms with E-state index in [0.29, 0.717) is 34.3 Å². The largest absolute Gasteiger partial charge is 0.361 e. The molecule has 0 unspecified atom stereocenters. The summed E-state index contributed by atoms with van der Waals surface area (Å²) in [5, 5.41) is 11.6. The molecule has 3 rings (SSSR count). The molecule has 23 heavy (non-hydrogen) atoms. The predicted molar refractivity (Wildman–Crippen MR) is 87.1 cm³/mol. The number of halogens is 1. The van der Waals surface area contributed by atoms with Gasteiger partial charge in [0.2, 0.25) is 0 Å². The highest BCUT2D eigenvalue weighted by Crippen LogP contribution is 2.20. The minimum absolute atomic E-state index is 0.274. The molecule has 118 valence electrons. The second-order valence-electron chi connectivity index (χ2n) is 4.98. The Kier molecular flexibility index (Phi) is 4.16. The highest BCUT2D eigenvalue weighted by Gasteiger charge is 2.20. The van der Waals surface area contributed by atoms with Gasteiger partial charge in [-0.25, -0.2) is 4.68 Å². The van der Waals surface area contributed by atoms with Crippen LogP contribution in [-0.4, -0.2) is 20.8 Å². The van der Waals surface area contributed by atoms with Crippen molar-refractivity contribution in [2.24, 2.45) is 0 Å². The van der Waals surface area contributed by atoms with E-state index >= 15 is 0 Å². The van der Waals surface area contributed by atoms with E-state index in [2.05, 4.69) is 15.6 Å². The lowest BCUT2D eigenvalue weighted by molar-refractivity contribution is 0.102. The zero-order chi connectivity index (χ0) is 16.4. The smallest absolute Gasteiger partial charge is 0.262 e. The van der Waals surface area contributed by atoms with E-state index in [9.17, 15) is 4.79 Å². The molecule has 0 bridgehead atoms. The number of amides is 1. The van der Waals surface area contributed by atoms with Gasteiger partial charge in [0.25, 0.3) is 5.91 Å². The predicted octanol–water partition coefficient (Wildman–Crippen LogP) is 3.64. The van der Waals surface area contributed by atoms with Crippen molar-refractivity contribution in [2.75, 3.05) is 5.32 Å². The molecule has 6 nitrogen and oxygen atoms in total. The van der Waals surface area contributed by atoms with Crippen LogP contribution >= 0.6 is 11.6 Å². The van der Waals surface area contributed by atoms with Crippen molar-refractivity contribution < 1.29 is 9.32 Å². The average Bonchev–Trinajstić information content (AvgIpc) is 3.13.